The molecule has 0 atom stereocenters. The molecule has 0 spiro atoms. The Balaban J connectivity index is 1.79. The van der Waals surface area contributed by atoms with Gasteiger partial charge >= 0.3 is 5.97 Å². The highest BCUT2D eigenvalue weighted by Crippen LogP contribution is 2.44. The van der Waals surface area contributed by atoms with Crippen molar-refractivity contribution in [2.75, 3.05) is 6.54 Å². The van der Waals surface area contributed by atoms with Gasteiger partial charge < -0.3 is 10.4 Å². The molecular weight excluding hydrogens is 242 g/mol. The predicted octanol–water partition coefficient (Wildman–Crippen LogP) is 2.72. The van der Waals surface area contributed by atoms with E-state index in [-0.39, 0.29) is 17.7 Å². The molecule has 0 bridgehead atoms. The second-order valence-corrected chi connectivity index (χ2v) is 6.41. The van der Waals surface area contributed by atoms with E-state index in [4.69, 9.17) is 5.11 Å². The third kappa shape index (κ3) is 4.22. The largest absolute Gasteiger partial charge is 0.481 e. The van der Waals surface area contributed by atoms with Crippen LogP contribution in [0.25, 0.3) is 0 Å². The van der Waals surface area contributed by atoms with Gasteiger partial charge in [0.15, 0.2) is 0 Å². The summed E-state index contributed by atoms with van der Waals surface area (Å²) in [5, 5.41) is 12.0. The lowest BCUT2D eigenvalue weighted by atomic mass is 9.79. The van der Waals surface area contributed by atoms with E-state index in [0.29, 0.717) is 12.3 Å². The molecular formula is C15H25NO3. The number of hydrogen-bond acceptors (Lipinski definition) is 2. The number of carbonyl (C=O) groups excluding carboxylic acids is 1. The summed E-state index contributed by atoms with van der Waals surface area (Å²) < 4.78 is 0. The minimum atomic E-state index is -0.773. The Morgan fingerprint density at radius 2 is 1.68 bits per heavy atom. The van der Waals surface area contributed by atoms with Crippen LogP contribution in [0.2, 0.25) is 0 Å². The van der Waals surface area contributed by atoms with E-state index in [9.17, 15) is 9.59 Å². The Kier molecular flexibility index (Phi) is 4.83. The molecule has 2 aliphatic rings. The zero-order chi connectivity index (χ0) is 13.7. The molecule has 19 heavy (non-hydrogen) atoms. The highest BCUT2D eigenvalue weighted by molar-refractivity contribution is 5.78. The van der Waals surface area contributed by atoms with Crippen LogP contribution in [0.15, 0.2) is 0 Å². The summed E-state index contributed by atoms with van der Waals surface area (Å²) in [7, 11) is 0. The molecule has 1 amide bonds. The number of carboxylic acid groups (broad SMARTS) is 1. The summed E-state index contributed by atoms with van der Waals surface area (Å²) in [6.07, 6.45) is 9.43. The number of nitrogens with one attached hydrogen (secondary N) is 1. The number of carbonyl (C=O) groups is 2. The van der Waals surface area contributed by atoms with E-state index in [0.717, 1.165) is 32.2 Å². The lowest BCUT2D eigenvalue weighted by molar-refractivity contribution is -0.140. The Hall–Kier alpha value is -1.06. The van der Waals surface area contributed by atoms with Crippen LogP contribution >= 0.6 is 0 Å². The number of amides is 1. The molecule has 0 aliphatic heterocycles. The predicted molar refractivity (Wildman–Crippen MR) is 72.7 cm³/mol. The molecule has 0 aromatic carbocycles. The van der Waals surface area contributed by atoms with Gasteiger partial charge in [-0.3, -0.25) is 9.59 Å². The fourth-order valence-corrected chi connectivity index (χ4v) is 3.74. The summed E-state index contributed by atoms with van der Waals surface area (Å²) in [5.41, 5.74) is -0.272. The SMILES string of the molecule is O=C(O)CC1(CC(=O)NCC2CCCC2)CCCC1. The molecule has 2 N–H and O–H groups in total. The van der Waals surface area contributed by atoms with Gasteiger partial charge in [0.2, 0.25) is 5.91 Å². The standard InChI is InChI=1S/C15H25NO3/c17-13(16-11-12-5-1-2-6-12)9-15(10-14(18)19)7-3-4-8-15/h12H,1-11H2,(H,16,17)(H,18,19). The molecule has 2 saturated carbocycles. The van der Waals surface area contributed by atoms with Crippen molar-refractivity contribution in [3.63, 3.8) is 0 Å². The second-order valence-electron chi connectivity index (χ2n) is 6.41. The van der Waals surface area contributed by atoms with E-state index in [1.54, 1.807) is 0 Å². The molecule has 0 aromatic rings. The fraction of sp³-hybridized carbons (Fsp3) is 0.867. The van der Waals surface area contributed by atoms with Crippen LogP contribution < -0.4 is 5.32 Å². The highest BCUT2D eigenvalue weighted by Gasteiger charge is 2.37. The van der Waals surface area contributed by atoms with Crippen LogP contribution in [0.5, 0.6) is 0 Å². The van der Waals surface area contributed by atoms with Gasteiger partial charge in [0, 0.05) is 13.0 Å². The molecule has 2 fully saturated rings. The van der Waals surface area contributed by atoms with Crippen molar-refractivity contribution < 1.29 is 14.7 Å². The van der Waals surface area contributed by atoms with Crippen LogP contribution in [0.3, 0.4) is 0 Å². The van der Waals surface area contributed by atoms with Gasteiger partial charge in [-0.05, 0) is 37.0 Å². The molecule has 2 rings (SSSR count). The molecule has 0 saturated heterocycles. The smallest absolute Gasteiger partial charge is 0.303 e. The zero-order valence-electron chi connectivity index (χ0n) is 11.6. The van der Waals surface area contributed by atoms with Crippen molar-refractivity contribution in [2.45, 2.75) is 64.2 Å². The molecule has 0 unspecified atom stereocenters. The van der Waals surface area contributed by atoms with Crippen LogP contribution in [0, 0.1) is 11.3 Å². The second kappa shape index (κ2) is 6.40. The average molecular weight is 267 g/mol. The first-order chi connectivity index (χ1) is 9.10. The Morgan fingerprint density at radius 3 is 2.26 bits per heavy atom. The van der Waals surface area contributed by atoms with Crippen molar-refractivity contribution >= 4 is 11.9 Å². The third-order valence-electron chi connectivity index (χ3n) is 4.79. The van der Waals surface area contributed by atoms with Gasteiger partial charge in [-0.15, -0.1) is 0 Å². The van der Waals surface area contributed by atoms with Crippen molar-refractivity contribution in [2.24, 2.45) is 11.3 Å². The van der Waals surface area contributed by atoms with Gasteiger partial charge in [0.1, 0.15) is 0 Å². The van der Waals surface area contributed by atoms with Crippen LogP contribution in [-0.4, -0.2) is 23.5 Å². The van der Waals surface area contributed by atoms with Crippen molar-refractivity contribution in [1.29, 1.82) is 0 Å². The number of carboxylic acids is 1. The Labute approximate surface area is 115 Å². The Bertz CT molecular complexity index is 328. The summed E-state index contributed by atoms with van der Waals surface area (Å²) in [6.45, 7) is 0.780. The normalized spacial score (nSPS) is 22.5. The molecule has 108 valence electrons. The quantitative estimate of drug-likeness (QED) is 0.777. The zero-order valence-corrected chi connectivity index (χ0v) is 11.6. The molecule has 0 radical (unpaired) electrons. The summed E-state index contributed by atoms with van der Waals surface area (Å²) in [5.74, 6) is -0.0801. The molecule has 0 heterocycles. The molecule has 4 heteroatoms. The highest BCUT2D eigenvalue weighted by atomic mass is 16.4. The lowest BCUT2D eigenvalue weighted by Crippen LogP contribution is -2.34. The first kappa shape index (κ1) is 14.4. The maximum Gasteiger partial charge on any atom is 0.303 e. The lowest BCUT2D eigenvalue weighted by Gasteiger charge is -2.26. The first-order valence-electron chi connectivity index (χ1n) is 7.58. The Morgan fingerprint density at radius 1 is 1.05 bits per heavy atom. The maximum atomic E-state index is 12.0. The average Bonchev–Trinajstić information content (AvgIpc) is 2.97. The number of hydrogen-bond donors (Lipinski definition) is 2. The van der Waals surface area contributed by atoms with E-state index in [1.807, 2.05) is 0 Å². The summed E-state index contributed by atoms with van der Waals surface area (Å²) in [4.78, 5) is 23.0. The van der Waals surface area contributed by atoms with Crippen LogP contribution in [0.4, 0.5) is 0 Å². The van der Waals surface area contributed by atoms with E-state index in [2.05, 4.69) is 5.32 Å². The van der Waals surface area contributed by atoms with Gasteiger partial charge in [-0.25, -0.2) is 0 Å². The van der Waals surface area contributed by atoms with E-state index < -0.39 is 5.97 Å². The van der Waals surface area contributed by atoms with Crippen LogP contribution in [0.1, 0.15) is 64.2 Å². The van der Waals surface area contributed by atoms with Crippen molar-refractivity contribution in [3.05, 3.63) is 0 Å². The minimum absolute atomic E-state index is 0.0510. The molecule has 4 nitrogen and oxygen atoms in total. The number of rotatable bonds is 6. The van der Waals surface area contributed by atoms with Gasteiger partial charge in [-0.2, -0.15) is 0 Å². The van der Waals surface area contributed by atoms with E-state index >= 15 is 0 Å². The topological polar surface area (TPSA) is 66.4 Å². The summed E-state index contributed by atoms with van der Waals surface area (Å²) in [6, 6.07) is 0. The van der Waals surface area contributed by atoms with Gasteiger partial charge in [0.05, 0.1) is 6.42 Å². The fourth-order valence-electron chi connectivity index (χ4n) is 3.74. The van der Waals surface area contributed by atoms with E-state index in [1.165, 1.54) is 25.7 Å². The monoisotopic (exact) mass is 267 g/mol. The van der Waals surface area contributed by atoms with Crippen molar-refractivity contribution in [1.82, 2.24) is 5.32 Å². The van der Waals surface area contributed by atoms with Crippen molar-refractivity contribution in [3.8, 4) is 0 Å². The van der Waals surface area contributed by atoms with Gasteiger partial charge in [0.25, 0.3) is 0 Å². The maximum absolute atomic E-state index is 12.0. The van der Waals surface area contributed by atoms with Crippen LogP contribution in [-0.2, 0) is 9.59 Å². The molecule has 2 aliphatic carbocycles. The number of aliphatic carboxylic acids is 1. The van der Waals surface area contributed by atoms with Gasteiger partial charge in [-0.1, -0.05) is 25.7 Å². The summed E-state index contributed by atoms with van der Waals surface area (Å²) >= 11 is 0. The minimum Gasteiger partial charge on any atom is -0.481 e. The molecule has 0 aromatic heterocycles. The first-order valence-corrected chi connectivity index (χ1v) is 7.58. The third-order valence-corrected chi connectivity index (χ3v) is 4.79.